The van der Waals surface area contributed by atoms with Gasteiger partial charge in [0.25, 0.3) is 5.91 Å². The summed E-state index contributed by atoms with van der Waals surface area (Å²) in [6.45, 7) is 2.68. The Bertz CT molecular complexity index is 1100. The number of nitrogens with zero attached hydrogens (tertiary/aromatic N) is 2. The Labute approximate surface area is 210 Å². The second-order valence-corrected chi connectivity index (χ2v) is 9.62. The Kier molecular flexibility index (Phi) is 7.81. The van der Waals surface area contributed by atoms with Crippen LogP contribution in [-0.4, -0.2) is 25.2 Å². The lowest BCUT2D eigenvalue weighted by Gasteiger charge is -2.17. The molecule has 1 heterocycles. The smallest absolute Gasteiger partial charge is 0.271 e. The first-order valence-corrected chi connectivity index (χ1v) is 12.3. The van der Waals surface area contributed by atoms with E-state index < -0.39 is 0 Å². The molecule has 7 heteroatoms. The summed E-state index contributed by atoms with van der Waals surface area (Å²) in [4.78, 5) is 14.7. The van der Waals surface area contributed by atoms with Crippen molar-refractivity contribution in [3.8, 4) is 5.75 Å². The summed E-state index contributed by atoms with van der Waals surface area (Å²) in [6.07, 6.45) is 4.10. The van der Waals surface area contributed by atoms with Gasteiger partial charge in [-0.2, -0.15) is 5.10 Å². The highest BCUT2D eigenvalue weighted by Crippen LogP contribution is 2.23. The van der Waals surface area contributed by atoms with E-state index in [0.717, 1.165) is 38.0 Å². The van der Waals surface area contributed by atoms with E-state index in [1.54, 1.807) is 6.21 Å². The summed E-state index contributed by atoms with van der Waals surface area (Å²) < 4.78 is 7.95. The zero-order valence-electron chi connectivity index (χ0n) is 17.4. The zero-order valence-corrected chi connectivity index (χ0v) is 21.2. The molecule has 0 unspecified atom stereocenters. The van der Waals surface area contributed by atoms with Gasteiger partial charge < -0.3 is 9.64 Å². The number of hydrogen-bond donors (Lipinski definition) is 1. The third kappa shape index (κ3) is 6.10. The summed E-state index contributed by atoms with van der Waals surface area (Å²) in [5, 5.41) is 4.11. The van der Waals surface area contributed by atoms with E-state index >= 15 is 0 Å². The molecule has 0 atom stereocenters. The molecule has 1 amide bonds. The Morgan fingerprint density at radius 3 is 2.47 bits per heavy atom. The van der Waals surface area contributed by atoms with Crippen LogP contribution in [0.25, 0.3) is 0 Å². The summed E-state index contributed by atoms with van der Waals surface area (Å²) in [6, 6.07) is 21.6. The minimum absolute atomic E-state index is 0.224. The number of hydrogen-bond acceptors (Lipinski definition) is 4. The average Bonchev–Trinajstić information content (AvgIpc) is 3.35. The molecule has 1 fully saturated rings. The van der Waals surface area contributed by atoms with Crippen LogP contribution in [0.15, 0.2) is 76.3 Å². The monoisotopic (exact) mass is 603 g/mol. The third-order valence-electron chi connectivity index (χ3n) is 5.24. The standard InChI is InChI=1S/C25H23BrIN3O2/c26-21-8-3-18(4-9-21)17-32-24-12-5-19(15-23(24)27)16-28-29-25(31)20-6-10-22(11-7-20)30-13-1-2-14-30/h3-12,15-16H,1-2,13-14,17H2,(H,29,31)/b28-16-. The number of nitrogens with one attached hydrogen (secondary N) is 1. The lowest BCUT2D eigenvalue weighted by atomic mass is 10.2. The Balaban J connectivity index is 1.30. The minimum Gasteiger partial charge on any atom is -0.488 e. The molecule has 0 spiro atoms. The quantitative estimate of drug-likeness (QED) is 0.205. The number of benzene rings is 3. The fourth-order valence-corrected chi connectivity index (χ4v) is 4.44. The first-order valence-electron chi connectivity index (χ1n) is 10.4. The van der Waals surface area contributed by atoms with Crippen LogP contribution in [0.2, 0.25) is 0 Å². The van der Waals surface area contributed by atoms with E-state index in [1.807, 2.05) is 66.7 Å². The van der Waals surface area contributed by atoms with Gasteiger partial charge in [-0.05, 0) is 101 Å². The molecule has 1 saturated heterocycles. The van der Waals surface area contributed by atoms with Crippen molar-refractivity contribution in [2.24, 2.45) is 5.10 Å². The molecule has 3 aromatic carbocycles. The number of rotatable bonds is 7. The SMILES string of the molecule is O=C(N/N=C\c1ccc(OCc2ccc(Br)cc2)c(I)c1)c1ccc(N2CCCC2)cc1. The number of carbonyl (C=O) groups excluding carboxylic acids is 1. The molecule has 0 bridgehead atoms. The van der Waals surface area contributed by atoms with Gasteiger partial charge in [0.15, 0.2) is 0 Å². The molecule has 4 rings (SSSR count). The predicted octanol–water partition coefficient (Wildman–Crippen LogP) is 6.00. The highest BCUT2D eigenvalue weighted by molar-refractivity contribution is 14.1. The summed E-state index contributed by atoms with van der Waals surface area (Å²) in [7, 11) is 0. The molecule has 5 nitrogen and oxygen atoms in total. The predicted molar refractivity (Wildman–Crippen MR) is 141 cm³/mol. The van der Waals surface area contributed by atoms with Gasteiger partial charge in [-0.1, -0.05) is 28.1 Å². The fourth-order valence-electron chi connectivity index (χ4n) is 3.49. The van der Waals surface area contributed by atoms with E-state index in [-0.39, 0.29) is 5.91 Å². The van der Waals surface area contributed by atoms with Crippen molar-refractivity contribution in [3.05, 3.63) is 91.5 Å². The first-order chi connectivity index (χ1) is 15.6. The van der Waals surface area contributed by atoms with E-state index in [4.69, 9.17) is 4.74 Å². The molecule has 0 aromatic heterocycles. The molecule has 0 aliphatic carbocycles. The van der Waals surface area contributed by atoms with Crippen LogP contribution in [-0.2, 0) is 6.61 Å². The van der Waals surface area contributed by atoms with Gasteiger partial charge in [-0.3, -0.25) is 4.79 Å². The molecule has 1 aliphatic heterocycles. The third-order valence-corrected chi connectivity index (χ3v) is 6.62. The van der Waals surface area contributed by atoms with Crippen molar-refractivity contribution in [1.29, 1.82) is 0 Å². The van der Waals surface area contributed by atoms with Crippen LogP contribution in [0, 0.1) is 3.57 Å². The molecule has 3 aromatic rings. The largest absolute Gasteiger partial charge is 0.488 e. The number of halogens is 2. The van der Waals surface area contributed by atoms with Crippen molar-refractivity contribution in [3.63, 3.8) is 0 Å². The molecule has 164 valence electrons. The highest BCUT2D eigenvalue weighted by Gasteiger charge is 2.13. The van der Waals surface area contributed by atoms with Gasteiger partial charge >= 0.3 is 0 Å². The van der Waals surface area contributed by atoms with Crippen LogP contribution in [0.1, 0.15) is 34.3 Å². The van der Waals surface area contributed by atoms with Crippen LogP contribution in [0.4, 0.5) is 5.69 Å². The number of amides is 1. The maximum absolute atomic E-state index is 12.4. The van der Waals surface area contributed by atoms with Crippen molar-refractivity contribution in [1.82, 2.24) is 5.43 Å². The van der Waals surface area contributed by atoms with Gasteiger partial charge in [0, 0.05) is 28.8 Å². The molecule has 0 radical (unpaired) electrons. The molecular weight excluding hydrogens is 581 g/mol. The lowest BCUT2D eigenvalue weighted by Crippen LogP contribution is -2.19. The number of carbonyl (C=O) groups is 1. The minimum atomic E-state index is -0.224. The van der Waals surface area contributed by atoms with Crippen LogP contribution >= 0.6 is 38.5 Å². The van der Waals surface area contributed by atoms with Crippen LogP contribution in [0.3, 0.4) is 0 Å². The van der Waals surface area contributed by atoms with Crippen molar-refractivity contribution >= 4 is 56.3 Å². The molecular formula is C25H23BrIN3O2. The van der Waals surface area contributed by atoms with Crippen LogP contribution < -0.4 is 15.1 Å². The van der Waals surface area contributed by atoms with Gasteiger partial charge in [0.05, 0.1) is 9.78 Å². The van der Waals surface area contributed by atoms with Crippen molar-refractivity contribution in [2.75, 3.05) is 18.0 Å². The second kappa shape index (κ2) is 11.0. The topological polar surface area (TPSA) is 53.9 Å². The maximum atomic E-state index is 12.4. The fraction of sp³-hybridized carbons (Fsp3) is 0.200. The number of hydrazone groups is 1. The first kappa shape index (κ1) is 22.8. The van der Waals surface area contributed by atoms with Gasteiger partial charge in [-0.15, -0.1) is 0 Å². The van der Waals surface area contributed by atoms with E-state index in [9.17, 15) is 4.79 Å². The summed E-state index contributed by atoms with van der Waals surface area (Å²) >= 11 is 5.68. The number of ether oxygens (including phenoxy) is 1. The van der Waals surface area contributed by atoms with Crippen molar-refractivity contribution < 1.29 is 9.53 Å². The van der Waals surface area contributed by atoms with Gasteiger partial charge in [-0.25, -0.2) is 5.43 Å². The van der Waals surface area contributed by atoms with Gasteiger partial charge in [0.2, 0.25) is 0 Å². The molecule has 0 saturated carbocycles. The second-order valence-electron chi connectivity index (χ2n) is 7.55. The van der Waals surface area contributed by atoms with Gasteiger partial charge in [0.1, 0.15) is 12.4 Å². The Morgan fingerprint density at radius 1 is 1.06 bits per heavy atom. The molecule has 1 aliphatic rings. The Morgan fingerprint density at radius 2 is 1.78 bits per heavy atom. The summed E-state index contributed by atoms with van der Waals surface area (Å²) in [5.41, 5.74) is 6.35. The highest BCUT2D eigenvalue weighted by atomic mass is 127. The van der Waals surface area contributed by atoms with E-state index in [2.05, 4.69) is 53.9 Å². The zero-order chi connectivity index (χ0) is 22.3. The lowest BCUT2D eigenvalue weighted by molar-refractivity contribution is 0.0955. The average molecular weight is 604 g/mol. The summed E-state index contributed by atoms with van der Waals surface area (Å²) in [5.74, 6) is 0.589. The van der Waals surface area contributed by atoms with E-state index in [1.165, 1.54) is 18.5 Å². The number of anilines is 1. The van der Waals surface area contributed by atoms with Crippen molar-refractivity contribution in [2.45, 2.75) is 19.4 Å². The molecule has 32 heavy (non-hydrogen) atoms. The maximum Gasteiger partial charge on any atom is 0.271 e. The van der Waals surface area contributed by atoms with Crippen LogP contribution in [0.5, 0.6) is 5.75 Å². The molecule has 1 N–H and O–H groups in total. The normalized spacial score (nSPS) is 13.5. The Hall–Kier alpha value is -2.39. The van der Waals surface area contributed by atoms with E-state index in [0.29, 0.717) is 12.2 Å².